The van der Waals surface area contributed by atoms with Gasteiger partial charge in [0, 0.05) is 20.6 Å². The predicted octanol–water partition coefficient (Wildman–Crippen LogP) is 9.47. The van der Waals surface area contributed by atoms with Gasteiger partial charge in [0.05, 0.1) is 4.90 Å². The molecule has 0 unspecified atom stereocenters. The maximum Gasteiger partial charge on any atom is 0.307 e. The van der Waals surface area contributed by atoms with Crippen molar-refractivity contribution in [3.05, 3.63) is 193 Å². The van der Waals surface area contributed by atoms with Crippen LogP contribution in [0.1, 0.15) is 22.6 Å². The van der Waals surface area contributed by atoms with Crippen molar-refractivity contribution in [2.75, 3.05) is 0 Å². The van der Waals surface area contributed by atoms with Crippen LogP contribution in [0.25, 0.3) is 0 Å². The van der Waals surface area contributed by atoms with E-state index in [2.05, 4.69) is 24.3 Å². The number of rotatable bonds is 9. The van der Waals surface area contributed by atoms with Crippen molar-refractivity contribution < 1.29 is 12.0 Å². The van der Waals surface area contributed by atoms with Gasteiger partial charge in [-0.3, -0.25) is 0 Å². The zero-order chi connectivity index (χ0) is 28.8. The van der Waals surface area contributed by atoms with Crippen LogP contribution >= 0.6 is 10.3 Å². The molecule has 0 fully saturated rings. The van der Waals surface area contributed by atoms with Gasteiger partial charge in [-0.2, -0.15) is 8.42 Å². The first-order valence-corrected chi connectivity index (χ1v) is 16.7. The van der Waals surface area contributed by atoms with Crippen molar-refractivity contribution in [3.8, 4) is 0 Å². The lowest BCUT2D eigenvalue weighted by Crippen LogP contribution is -2.14. The summed E-state index contributed by atoms with van der Waals surface area (Å²) in [6.45, 7) is 0. The second-order valence-corrected chi connectivity index (χ2v) is 14.3. The molecule has 6 rings (SSSR count). The number of hydrogen-bond donors (Lipinski definition) is 0. The van der Waals surface area contributed by atoms with E-state index in [0.29, 0.717) is 0 Å². The summed E-state index contributed by atoms with van der Waals surface area (Å²) < 4.78 is 34.9. The first-order chi connectivity index (χ1) is 20.6. The number of benzene rings is 6. The molecule has 0 saturated carbocycles. The third kappa shape index (κ3) is 5.55. The van der Waals surface area contributed by atoms with Crippen molar-refractivity contribution in [1.29, 1.82) is 0 Å². The fourth-order valence-electron chi connectivity index (χ4n) is 5.23. The lowest BCUT2D eigenvalue weighted by Gasteiger charge is -2.39. The Morgan fingerprint density at radius 1 is 0.357 bits per heavy atom. The summed E-state index contributed by atoms with van der Waals surface area (Å²) in [4.78, 5) is 2.52. The third-order valence-electron chi connectivity index (χ3n) is 7.18. The smallest absolute Gasteiger partial charge is 0.203 e. The SMILES string of the molecule is O=S(=O)(OS(c1ccccc1)(c1ccccc1)c1ccccc1)c1ccc(C(c2ccccc2)c2ccccc2)cc1. The topological polar surface area (TPSA) is 43.4 Å². The quantitative estimate of drug-likeness (QED) is 0.159. The van der Waals surface area contributed by atoms with E-state index < -0.39 is 20.4 Å². The van der Waals surface area contributed by atoms with Crippen molar-refractivity contribution >= 4 is 20.4 Å². The average molecular weight is 587 g/mol. The van der Waals surface area contributed by atoms with Crippen molar-refractivity contribution in [2.45, 2.75) is 25.5 Å². The van der Waals surface area contributed by atoms with Crippen LogP contribution in [0, 0.1) is 0 Å². The van der Waals surface area contributed by atoms with E-state index >= 15 is 0 Å². The summed E-state index contributed by atoms with van der Waals surface area (Å²) in [5, 5.41) is 0. The predicted molar refractivity (Wildman–Crippen MR) is 170 cm³/mol. The van der Waals surface area contributed by atoms with Gasteiger partial charge in [0.2, 0.25) is 0 Å². The first kappa shape index (κ1) is 27.7. The molecule has 0 heterocycles. The second kappa shape index (κ2) is 12.2. The van der Waals surface area contributed by atoms with E-state index in [1.54, 1.807) is 12.1 Å². The van der Waals surface area contributed by atoms with Crippen LogP contribution in [-0.2, 0) is 13.7 Å². The van der Waals surface area contributed by atoms with E-state index in [1.165, 1.54) is 0 Å². The zero-order valence-corrected chi connectivity index (χ0v) is 24.5. The minimum Gasteiger partial charge on any atom is -0.203 e. The van der Waals surface area contributed by atoms with Crippen LogP contribution in [0.15, 0.2) is 196 Å². The summed E-state index contributed by atoms with van der Waals surface area (Å²) >= 11 is 0. The molecule has 0 aromatic heterocycles. The monoisotopic (exact) mass is 586 g/mol. The molecular formula is C37H30O3S2. The normalized spacial score (nSPS) is 12.2. The highest BCUT2D eigenvalue weighted by molar-refractivity contribution is 8.33. The molecule has 0 spiro atoms. The summed E-state index contributed by atoms with van der Waals surface area (Å²) in [6, 6.07) is 56.5. The highest BCUT2D eigenvalue weighted by Gasteiger charge is 2.38. The molecule has 0 aliphatic carbocycles. The van der Waals surface area contributed by atoms with Gasteiger partial charge in [-0.25, -0.2) is 3.63 Å². The molecule has 6 aromatic rings. The van der Waals surface area contributed by atoms with Crippen molar-refractivity contribution in [2.24, 2.45) is 0 Å². The molecule has 0 aliphatic rings. The molecule has 6 aromatic carbocycles. The highest BCUT2D eigenvalue weighted by Crippen LogP contribution is 2.70. The van der Waals surface area contributed by atoms with Crippen LogP contribution in [-0.4, -0.2) is 8.42 Å². The average Bonchev–Trinajstić information content (AvgIpc) is 3.06. The van der Waals surface area contributed by atoms with Crippen molar-refractivity contribution in [1.82, 2.24) is 0 Å². The maximum absolute atomic E-state index is 14.2. The lowest BCUT2D eigenvalue weighted by molar-refractivity contribution is 0.508. The molecule has 42 heavy (non-hydrogen) atoms. The van der Waals surface area contributed by atoms with E-state index in [4.69, 9.17) is 3.63 Å². The maximum atomic E-state index is 14.2. The van der Waals surface area contributed by atoms with Gasteiger partial charge < -0.3 is 0 Å². The standard InChI is InChI=1S/C37H30O3S2/c38-42(39,36-28-26-32(27-29-36)37(30-16-6-1-7-17-30)31-18-8-2-9-19-31)40-41(33-20-10-3-11-21-33,34-22-12-4-13-23-34)35-24-14-5-15-25-35/h1-29,37H. The minimum atomic E-state index is -4.20. The second-order valence-electron chi connectivity index (χ2n) is 9.84. The molecule has 208 valence electrons. The Labute approximate surface area is 249 Å². The Bertz CT molecular complexity index is 1690. The molecule has 0 radical (unpaired) electrons. The summed E-state index contributed by atoms with van der Waals surface area (Å²) in [6.07, 6.45) is 0. The van der Waals surface area contributed by atoms with Gasteiger partial charge in [-0.15, -0.1) is 0 Å². The largest absolute Gasteiger partial charge is 0.307 e. The molecule has 0 bridgehead atoms. The third-order valence-corrected chi connectivity index (χ3v) is 12.4. The molecule has 0 N–H and O–H groups in total. The molecular weight excluding hydrogens is 557 g/mol. The summed E-state index contributed by atoms with van der Waals surface area (Å²) in [7, 11) is -6.84. The molecule has 0 amide bonds. The van der Waals surface area contributed by atoms with Gasteiger partial charge in [0.1, 0.15) is 0 Å². The van der Waals surface area contributed by atoms with Crippen LogP contribution in [0.3, 0.4) is 0 Å². The highest BCUT2D eigenvalue weighted by atomic mass is 32.3. The van der Waals surface area contributed by atoms with Crippen molar-refractivity contribution in [3.63, 3.8) is 0 Å². The Kier molecular flexibility index (Phi) is 8.06. The number of hydrogen-bond acceptors (Lipinski definition) is 3. The molecule has 3 nitrogen and oxygen atoms in total. The van der Waals surface area contributed by atoms with E-state index in [0.717, 1.165) is 31.4 Å². The Morgan fingerprint density at radius 2 is 0.667 bits per heavy atom. The molecule has 0 atom stereocenters. The minimum absolute atomic E-state index is 0.0345. The fraction of sp³-hybridized carbons (Fsp3) is 0.0270. The van der Waals surface area contributed by atoms with Gasteiger partial charge >= 0.3 is 10.1 Å². The van der Waals surface area contributed by atoms with E-state index in [9.17, 15) is 8.42 Å². The summed E-state index contributed by atoms with van der Waals surface area (Å²) in [5.74, 6) is -0.0345. The van der Waals surface area contributed by atoms with E-state index in [-0.39, 0.29) is 10.8 Å². The lowest BCUT2D eigenvalue weighted by atomic mass is 9.85. The fourth-order valence-corrected chi connectivity index (χ4v) is 10.5. The van der Waals surface area contributed by atoms with Gasteiger partial charge in [0.15, 0.2) is 0 Å². The zero-order valence-electron chi connectivity index (χ0n) is 22.9. The van der Waals surface area contributed by atoms with Crippen LogP contribution in [0.2, 0.25) is 0 Å². The van der Waals surface area contributed by atoms with Crippen LogP contribution in [0.5, 0.6) is 0 Å². The summed E-state index contributed by atoms with van der Waals surface area (Å²) in [5.41, 5.74) is 3.27. The van der Waals surface area contributed by atoms with Gasteiger partial charge in [-0.05, 0) is 75.5 Å². The Balaban J connectivity index is 1.45. The molecule has 5 heteroatoms. The van der Waals surface area contributed by atoms with Crippen LogP contribution < -0.4 is 0 Å². The molecule has 0 aliphatic heterocycles. The van der Waals surface area contributed by atoms with Gasteiger partial charge in [-0.1, -0.05) is 127 Å². The van der Waals surface area contributed by atoms with Gasteiger partial charge in [0.25, 0.3) is 0 Å². The van der Waals surface area contributed by atoms with Crippen LogP contribution in [0.4, 0.5) is 0 Å². The first-order valence-electron chi connectivity index (χ1n) is 13.7. The van der Waals surface area contributed by atoms with E-state index in [1.807, 2.05) is 140 Å². The Hall–Kier alpha value is -4.42. The Morgan fingerprint density at radius 3 is 1.02 bits per heavy atom. The molecule has 0 saturated heterocycles.